The van der Waals surface area contributed by atoms with Crippen molar-refractivity contribution in [3.05, 3.63) is 5.69 Å². The molecule has 1 saturated heterocycles. The lowest BCUT2D eigenvalue weighted by Crippen LogP contribution is -2.29. The quantitative estimate of drug-likeness (QED) is 0.409. The summed E-state index contributed by atoms with van der Waals surface area (Å²) in [4.78, 5) is 23.8. The number of hydrazine groups is 1. The van der Waals surface area contributed by atoms with Gasteiger partial charge in [-0.1, -0.05) is 4.49 Å². The minimum atomic E-state index is -0.170. The molecule has 2 heterocycles. The highest BCUT2D eigenvalue weighted by Crippen LogP contribution is 2.21. The minimum absolute atomic E-state index is 0.147. The van der Waals surface area contributed by atoms with E-state index in [0.717, 1.165) is 11.5 Å². The summed E-state index contributed by atoms with van der Waals surface area (Å²) in [5.74, 6) is 4.89. The number of nitrogens with two attached hydrogens (primary N) is 1. The monoisotopic (exact) mass is 227 g/mol. The van der Waals surface area contributed by atoms with E-state index in [2.05, 4.69) is 15.0 Å². The van der Waals surface area contributed by atoms with E-state index in [0.29, 0.717) is 10.7 Å². The average Bonchev–Trinajstić information content (AvgIpc) is 2.79. The van der Waals surface area contributed by atoms with Crippen LogP contribution in [0.3, 0.4) is 0 Å². The van der Waals surface area contributed by atoms with Crippen molar-refractivity contribution in [2.75, 3.05) is 5.43 Å². The van der Waals surface area contributed by atoms with Gasteiger partial charge in [-0.3, -0.25) is 14.5 Å². The SMILES string of the molecule is NNc1snnc1CN1C(=O)CCC1=O. The molecule has 2 amide bonds. The van der Waals surface area contributed by atoms with E-state index in [1.165, 1.54) is 4.90 Å². The molecule has 0 radical (unpaired) electrons. The van der Waals surface area contributed by atoms with Crippen LogP contribution in [0.15, 0.2) is 0 Å². The molecule has 1 fully saturated rings. The van der Waals surface area contributed by atoms with Gasteiger partial charge in [-0.2, -0.15) is 0 Å². The maximum absolute atomic E-state index is 11.3. The van der Waals surface area contributed by atoms with Gasteiger partial charge in [0.15, 0.2) is 0 Å². The second-order valence-corrected chi connectivity index (χ2v) is 3.82. The predicted octanol–water partition coefficient (Wildman–Crippen LogP) is -0.527. The van der Waals surface area contributed by atoms with E-state index < -0.39 is 0 Å². The molecule has 2 rings (SSSR count). The Kier molecular flexibility index (Phi) is 2.60. The highest BCUT2D eigenvalue weighted by molar-refractivity contribution is 7.10. The van der Waals surface area contributed by atoms with E-state index in [1.807, 2.05) is 0 Å². The third-order valence-corrected chi connectivity index (χ3v) is 2.85. The lowest BCUT2D eigenvalue weighted by atomic mass is 10.4. The van der Waals surface area contributed by atoms with E-state index in [1.54, 1.807) is 0 Å². The molecule has 8 heteroatoms. The van der Waals surface area contributed by atoms with Crippen molar-refractivity contribution in [1.82, 2.24) is 14.5 Å². The molecule has 0 aromatic carbocycles. The number of hydrogen-bond acceptors (Lipinski definition) is 7. The Bertz CT molecular complexity index is 388. The van der Waals surface area contributed by atoms with Crippen molar-refractivity contribution in [1.29, 1.82) is 0 Å². The number of nitrogens with zero attached hydrogens (tertiary/aromatic N) is 3. The maximum Gasteiger partial charge on any atom is 0.230 e. The number of nitrogen functional groups attached to an aromatic ring is 1. The van der Waals surface area contributed by atoms with Gasteiger partial charge >= 0.3 is 0 Å². The second-order valence-electron chi connectivity index (χ2n) is 3.07. The third-order valence-electron chi connectivity index (χ3n) is 2.15. The van der Waals surface area contributed by atoms with Gasteiger partial charge < -0.3 is 5.43 Å². The zero-order chi connectivity index (χ0) is 10.8. The summed E-state index contributed by atoms with van der Waals surface area (Å²) in [5, 5.41) is 4.37. The van der Waals surface area contributed by atoms with Crippen LogP contribution in [0.1, 0.15) is 18.5 Å². The van der Waals surface area contributed by atoms with E-state index in [9.17, 15) is 9.59 Å². The van der Waals surface area contributed by atoms with Crippen LogP contribution < -0.4 is 11.3 Å². The number of rotatable bonds is 3. The fraction of sp³-hybridized carbons (Fsp3) is 0.429. The van der Waals surface area contributed by atoms with Crippen molar-refractivity contribution >= 4 is 28.3 Å². The Morgan fingerprint density at radius 1 is 1.40 bits per heavy atom. The maximum atomic E-state index is 11.3. The fourth-order valence-electron chi connectivity index (χ4n) is 1.37. The molecule has 80 valence electrons. The standard InChI is InChI=1S/C7H9N5O2S/c8-9-7-4(10-11-15-7)3-12-5(13)1-2-6(12)14/h9H,1-3,8H2. The van der Waals surface area contributed by atoms with Crippen LogP contribution in [0.25, 0.3) is 0 Å². The summed E-state index contributed by atoms with van der Waals surface area (Å²) >= 11 is 1.09. The zero-order valence-electron chi connectivity index (χ0n) is 7.77. The molecule has 1 aromatic rings. The number of likely N-dealkylation sites (tertiary alicyclic amines) is 1. The Labute approximate surface area is 89.4 Å². The lowest BCUT2D eigenvalue weighted by Gasteiger charge is -2.11. The van der Waals surface area contributed by atoms with Crippen molar-refractivity contribution in [3.8, 4) is 0 Å². The van der Waals surface area contributed by atoms with Crippen LogP contribution in [0.2, 0.25) is 0 Å². The normalized spacial score (nSPS) is 16.2. The highest BCUT2D eigenvalue weighted by Gasteiger charge is 2.30. The first-order valence-electron chi connectivity index (χ1n) is 4.33. The number of hydrogen-bond donors (Lipinski definition) is 2. The first-order chi connectivity index (χ1) is 7.22. The van der Waals surface area contributed by atoms with E-state index in [-0.39, 0.29) is 31.2 Å². The van der Waals surface area contributed by atoms with Crippen LogP contribution in [0.5, 0.6) is 0 Å². The Hall–Kier alpha value is -1.54. The number of carbonyl (C=O) groups excluding carboxylic acids is 2. The topological polar surface area (TPSA) is 101 Å². The summed E-state index contributed by atoms with van der Waals surface area (Å²) in [6, 6.07) is 0. The van der Waals surface area contributed by atoms with Gasteiger partial charge in [0.2, 0.25) is 11.8 Å². The number of anilines is 1. The smallest absolute Gasteiger partial charge is 0.230 e. The molecule has 0 unspecified atom stereocenters. The molecule has 0 bridgehead atoms. The van der Waals surface area contributed by atoms with E-state index >= 15 is 0 Å². The van der Waals surface area contributed by atoms with Crippen LogP contribution in [-0.2, 0) is 16.1 Å². The summed E-state index contributed by atoms with van der Waals surface area (Å²) in [5.41, 5.74) is 2.94. The van der Waals surface area contributed by atoms with Crippen molar-refractivity contribution in [3.63, 3.8) is 0 Å². The summed E-state index contributed by atoms with van der Waals surface area (Å²) < 4.78 is 3.68. The van der Waals surface area contributed by atoms with Crippen molar-refractivity contribution in [2.45, 2.75) is 19.4 Å². The molecule has 0 spiro atoms. The largest absolute Gasteiger partial charge is 0.313 e. The summed E-state index contributed by atoms with van der Waals surface area (Å²) in [6.45, 7) is 0.147. The molecule has 0 atom stereocenters. The van der Waals surface area contributed by atoms with Gasteiger partial charge in [0.05, 0.1) is 6.54 Å². The fourth-order valence-corrected chi connectivity index (χ4v) is 1.86. The Balaban J connectivity index is 2.14. The zero-order valence-corrected chi connectivity index (χ0v) is 8.58. The van der Waals surface area contributed by atoms with Crippen LogP contribution in [0, 0.1) is 0 Å². The molecule has 1 aliphatic rings. The summed E-state index contributed by atoms with van der Waals surface area (Å²) in [6.07, 6.45) is 0.559. The molecular weight excluding hydrogens is 218 g/mol. The Morgan fingerprint density at radius 2 is 2.07 bits per heavy atom. The number of imide groups is 1. The van der Waals surface area contributed by atoms with Gasteiger partial charge in [-0.05, 0) is 0 Å². The van der Waals surface area contributed by atoms with Gasteiger partial charge in [-0.25, -0.2) is 5.84 Å². The molecule has 3 N–H and O–H groups in total. The highest BCUT2D eigenvalue weighted by atomic mass is 32.1. The van der Waals surface area contributed by atoms with E-state index in [4.69, 9.17) is 5.84 Å². The lowest BCUT2D eigenvalue weighted by molar-refractivity contribution is -0.139. The van der Waals surface area contributed by atoms with Crippen LogP contribution in [0.4, 0.5) is 5.00 Å². The first-order valence-corrected chi connectivity index (χ1v) is 5.10. The van der Waals surface area contributed by atoms with Gasteiger partial charge in [0.25, 0.3) is 0 Å². The third kappa shape index (κ3) is 1.81. The molecule has 7 nitrogen and oxygen atoms in total. The molecule has 15 heavy (non-hydrogen) atoms. The average molecular weight is 227 g/mol. The van der Waals surface area contributed by atoms with Crippen molar-refractivity contribution in [2.24, 2.45) is 5.84 Å². The van der Waals surface area contributed by atoms with Gasteiger partial charge in [0.1, 0.15) is 10.7 Å². The number of aromatic nitrogens is 2. The second kappa shape index (κ2) is 3.91. The number of carbonyl (C=O) groups is 2. The molecule has 0 aliphatic carbocycles. The predicted molar refractivity (Wildman–Crippen MR) is 52.5 cm³/mol. The number of amides is 2. The van der Waals surface area contributed by atoms with Crippen LogP contribution in [-0.4, -0.2) is 26.3 Å². The molecule has 1 aromatic heterocycles. The molecular formula is C7H9N5O2S. The minimum Gasteiger partial charge on any atom is -0.313 e. The number of nitrogens with one attached hydrogen (secondary N) is 1. The van der Waals surface area contributed by atoms with Gasteiger partial charge in [0, 0.05) is 24.4 Å². The Morgan fingerprint density at radius 3 is 2.67 bits per heavy atom. The first kappa shape index (κ1) is 9.99. The van der Waals surface area contributed by atoms with Gasteiger partial charge in [-0.15, -0.1) is 5.10 Å². The molecule has 0 saturated carbocycles. The van der Waals surface area contributed by atoms with Crippen LogP contribution >= 0.6 is 11.5 Å². The molecule has 1 aliphatic heterocycles. The van der Waals surface area contributed by atoms with Crippen molar-refractivity contribution < 1.29 is 9.59 Å². The summed E-state index contributed by atoms with van der Waals surface area (Å²) in [7, 11) is 0.